The van der Waals surface area contributed by atoms with Crippen LogP contribution >= 0.6 is 0 Å². The third-order valence-electron chi connectivity index (χ3n) is 5.25. The lowest BCUT2D eigenvalue weighted by Crippen LogP contribution is -2.22. The van der Waals surface area contributed by atoms with E-state index in [1.807, 2.05) is 60.7 Å². The van der Waals surface area contributed by atoms with E-state index in [0.29, 0.717) is 11.5 Å². The maximum absolute atomic E-state index is 12.7. The molecule has 4 rings (SSSR count). The summed E-state index contributed by atoms with van der Waals surface area (Å²) in [5, 5.41) is 0. The average molecular weight is 481 g/mol. The molecule has 2 aromatic heterocycles. The number of benzene rings is 2. The van der Waals surface area contributed by atoms with Crippen LogP contribution in [0, 0.1) is 0 Å². The Labute approximate surface area is 208 Å². The summed E-state index contributed by atoms with van der Waals surface area (Å²) in [7, 11) is 1.24. The third-order valence-corrected chi connectivity index (χ3v) is 5.25. The van der Waals surface area contributed by atoms with Crippen LogP contribution < -0.4 is 10.5 Å². The number of rotatable bonds is 8. The van der Waals surface area contributed by atoms with E-state index in [4.69, 9.17) is 20.2 Å². The number of methoxy groups -OCH3 is 1. The molecular formula is C28H24N4O4. The Bertz CT molecular complexity index is 1330. The summed E-state index contributed by atoms with van der Waals surface area (Å²) in [5.74, 6) is -1.60. The van der Waals surface area contributed by atoms with E-state index >= 15 is 0 Å². The molecule has 2 heterocycles. The van der Waals surface area contributed by atoms with Gasteiger partial charge in [-0.3, -0.25) is 9.59 Å². The summed E-state index contributed by atoms with van der Waals surface area (Å²) < 4.78 is 10.3. The molecule has 0 radical (unpaired) electrons. The number of ether oxygens (including phenoxy) is 2. The smallest absolute Gasteiger partial charge is 0.315 e. The number of nitrogen functional groups attached to an aromatic ring is 1. The van der Waals surface area contributed by atoms with Crippen molar-refractivity contribution in [2.24, 2.45) is 4.99 Å². The zero-order valence-electron chi connectivity index (χ0n) is 19.6. The number of hydrogen-bond donors (Lipinski definition) is 1. The summed E-state index contributed by atoms with van der Waals surface area (Å²) in [4.78, 5) is 38.3. The average Bonchev–Trinajstić information content (AvgIpc) is 2.91. The quantitative estimate of drug-likeness (QED) is 0.292. The number of hydrogen-bond acceptors (Lipinski definition) is 8. The molecule has 1 atom stereocenters. The lowest BCUT2D eigenvalue weighted by molar-refractivity contribution is -0.146. The van der Waals surface area contributed by atoms with Crippen LogP contribution in [0.15, 0.2) is 102 Å². The topological polar surface area (TPSA) is 117 Å². The molecule has 1 unspecified atom stereocenters. The Kier molecular flexibility index (Phi) is 7.77. The van der Waals surface area contributed by atoms with Gasteiger partial charge in [0.25, 0.3) is 0 Å². The van der Waals surface area contributed by atoms with Gasteiger partial charge in [0.1, 0.15) is 11.7 Å². The van der Waals surface area contributed by atoms with Crippen LogP contribution in [-0.4, -0.2) is 34.7 Å². The van der Waals surface area contributed by atoms with Crippen molar-refractivity contribution >= 4 is 29.3 Å². The Morgan fingerprint density at radius 2 is 1.47 bits per heavy atom. The van der Waals surface area contributed by atoms with Crippen molar-refractivity contribution in [2.45, 2.75) is 12.3 Å². The van der Waals surface area contributed by atoms with Crippen LogP contribution in [0.1, 0.15) is 29.2 Å². The van der Waals surface area contributed by atoms with Crippen LogP contribution in [0.25, 0.3) is 0 Å². The molecule has 180 valence electrons. The number of carbonyl (C=O) groups excluding carboxylic acids is 2. The highest BCUT2D eigenvalue weighted by Crippen LogP contribution is 2.23. The lowest BCUT2D eigenvalue weighted by atomic mass is 10.0. The molecule has 2 aromatic carbocycles. The molecule has 8 heteroatoms. The molecule has 0 aliphatic heterocycles. The molecule has 0 aliphatic carbocycles. The fourth-order valence-electron chi connectivity index (χ4n) is 3.56. The Balaban J connectivity index is 1.57. The Morgan fingerprint density at radius 1 is 0.833 bits per heavy atom. The second-order valence-corrected chi connectivity index (χ2v) is 7.77. The van der Waals surface area contributed by atoms with Gasteiger partial charge >= 0.3 is 11.9 Å². The molecule has 0 saturated carbocycles. The molecule has 0 aliphatic rings. The van der Waals surface area contributed by atoms with E-state index in [2.05, 4.69) is 9.97 Å². The highest BCUT2D eigenvalue weighted by molar-refractivity contribution is 6.13. The maximum Gasteiger partial charge on any atom is 0.315 e. The lowest BCUT2D eigenvalue weighted by Gasteiger charge is -2.14. The normalized spacial score (nSPS) is 11.2. The molecule has 0 amide bonds. The van der Waals surface area contributed by atoms with Crippen molar-refractivity contribution in [1.29, 1.82) is 0 Å². The van der Waals surface area contributed by atoms with Gasteiger partial charge in [0.15, 0.2) is 5.82 Å². The molecule has 36 heavy (non-hydrogen) atoms. The molecule has 2 N–H and O–H groups in total. The van der Waals surface area contributed by atoms with E-state index in [-0.39, 0.29) is 18.1 Å². The summed E-state index contributed by atoms with van der Waals surface area (Å²) in [6, 6.07) is 29.3. The van der Waals surface area contributed by atoms with Gasteiger partial charge in [-0.05, 0) is 18.2 Å². The summed E-state index contributed by atoms with van der Waals surface area (Å²) >= 11 is 0. The summed E-state index contributed by atoms with van der Waals surface area (Å²) in [6.07, 6.45) is -0.294. The fraction of sp³-hybridized carbons (Fsp3) is 0.107. The van der Waals surface area contributed by atoms with E-state index in [0.717, 1.165) is 16.8 Å². The number of anilines is 1. The van der Waals surface area contributed by atoms with Gasteiger partial charge in [0, 0.05) is 17.2 Å². The van der Waals surface area contributed by atoms with Gasteiger partial charge in [0.05, 0.1) is 24.9 Å². The highest BCUT2D eigenvalue weighted by atomic mass is 16.5. The number of nitrogens with two attached hydrogens (primary N) is 1. The summed E-state index contributed by atoms with van der Waals surface area (Å²) in [5.41, 5.74) is 8.62. The minimum Gasteiger partial charge on any atom is -0.468 e. The molecular weight excluding hydrogens is 456 g/mol. The molecule has 4 aromatic rings. The van der Waals surface area contributed by atoms with Gasteiger partial charge < -0.3 is 15.2 Å². The number of aromatic nitrogens is 2. The minimum absolute atomic E-state index is 0.0610. The standard InChI is InChI=1S/C28H24N4O4/c1-35-28(34)21(22-14-8-15-23(29)30-22)18-26(33)36-25-17-9-16-24(31-25)32-27(19-10-4-2-5-11-19)20-12-6-3-7-13-20/h2-17,21H,18H2,1H3,(H2,29,30). The van der Waals surface area contributed by atoms with Crippen molar-refractivity contribution < 1.29 is 19.1 Å². The van der Waals surface area contributed by atoms with E-state index in [9.17, 15) is 9.59 Å². The molecule has 8 nitrogen and oxygen atoms in total. The SMILES string of the molecule is COC(=O)C(CC(=O)Oc1cccc(N=C(c2ccccc2)c2ccccc2)n1)c1cccc(N)n1. The first-order valence-corrected chi connectivity index (χ1v) is 11.2. The monoisotopic (exact) mass is 480 g/mol. The molecule has 0 spiro atoms. The summed E-state index contributed by atoms with van der Waals surface area (Å²) in [6.45, 7) is 0. The number of carbonyl (C=O) groups is 2. The van der Waals surface area contributed by atoms with Gasteiger partial charge in [0.2, 0.25) is 5.88 Å². The van der Waals surface area contributed by atoms with Crippen molar-refractivity contribution in [3.63, 3.8) is 0 Å². The largest absolute Gasteiger partial charge is 0.468 e. The van der Waals surface area contributed by atoms with Crippen molar-refractivity contribution in [2.75, 3.05) is 12.8 Å². The number of esters is 2. The van der Waals surface area contributed by atoms with E-state index in [1.54, 1.807) is 36.4 Å². The zero-order valence-corrected chi connectivity index (χ0v) is 19.6. The van der Waals surface area contributed by atoms with Crippen molar-refractivity contribution in [3.8, 4) is 5.88 Å². The first kappa shape index (κ1) is 24.3. The van der Waals surface area contributed by atoms with Crippen molar-refractivity contribution in [3.05, 3.63) is 114 Å². The minimum atomic E-state index is -0.963. The fourth-order valence-corrected chi connectivity index (χ4v) is 3.56. The van der Waals surface area contributed by atoms with Crippen molar-refractivity contribution in [1.82, 2.24) is 9.97 Å². The second kappa shape index (κ2) is 11.5. The van der Waals surface area contributed by atoms with E-state index < -0.39 is 17.9 Å². The number of nitrogens with zero attached hydrogens (tertiary/aromatic N) is 3. The van der Waals surface area contributed by atoms with Gasteiger partial charge in [-0.25, -0.2) is 9.98 Å². The van der Waals surface area contributed by atoms with Crippen LogP contribution in [0.4, 0.5) is 11.6 Å². The number of aliphatic imine (C=N–C) groups is 1. The van der Waals surface area contributed by atoms with Crippen LogP contribution in [0.5, 0.6) is 5.88 Å². The highest BCUT2D eigenvalue weighted by Gasteiger charge is 2.27. The van der Waals surface area contributed by atoms with Crippen LogP contribution in [0.3, 0.4) is 0 Å². The maximum atomic E-state index is 12.7. The van der Waals surface area contributed by atoms with E-state index in [1.165, 1.54) is 7.11 Å². The first-order valence-electron chi connectivity index (χ1n) is 11.2. The Morgan fingerprint density at radius 3 is 2.08 bits per heavy atom. The van der Waals surface area contributed by atoms with Gasteiger partial charge in [-0.1, -0.05) is 72.8 Å². The van der Waals surface area contributed by atoms with Crippen LogP contribution in [0.2, 0.25) is 0 Å². The predicted octanol–water partition coefficient (Wildman–Crippen LogP) is 4.48. The van der Waals surface area contributed by atoms with Gasteiger partial charge in [-0.15, -0.1) is 0 Å². The first-order chi connectivity index (χ1) is 17.5. The Hall–Kier alpha value is -4.85. The zero-order chi connectivity index (χ0) is 25.3. The molecule has 0 bridgehead atoms. The predicted molar refractivity (Wildman–Crippen MR) is 136 cm³/mol. The third kappa shape index (κ3) is 6.18. The van der Waals surface area contributed by atoms with Crippen LogP contribution in [-0.2, 0) is 14.3 Å². The van der Waals surface area contributed by atoms with Gasteiger partial charge in [-0.2, -0.15) is 4.98 Å². The number of pyridine rings is 2. The molecule has 0 fully saturated rings. The molecule has 0 saturated heterocycles. The second-order valence-electron chi connectivity index (χ2n) is 7.77.